The summed E-state index contributed by atoms with van der Waals surface area (Å²) in [4.78, 5) is 10.8. The average Bonchev–Trinajstić information content (AvgIpc) is 2.93. The Balaban J connectivity index is 1.88. The van der Waals surface area contributed by atoms with Crippen molar-refractivity contribution in [3.63, 3.8) is 0 Å². The van der Waals surface area contributed by atoms with E-state index in [1.807, 2.05) is 17.5 Å². The third-order valence-corrected chi connectivity index (χ3v) is 5.03. The Labute approximate surface area is 120 Å². The second-order valence-electron chi connectivity index (χ2n) is 5.17. The maximum atomic E-state index is 4.57. The highest BCUT2D eigenvalue weighted by Gasteiger charge is 2.23. The van der Waals surface area contributed by atoms with Gasteiger partial charge in [0.05, 0.1) is 0 Å². The van der Waals surface area contributed by atoms with Gasteiger partial charge in [0.15, 0.2) is 5.13 Å². The van der Waals surface area contributed by atoms with Crippen LogP contribution in [-0.4, -0.2) is 49.2 Å². The molecule has 5 heteroatoms. The molecule has 0 saturated carbocycles. The molecule has 0 atom stereocenters. The summed E-state index contributed by atoms with van der Waals surface area (Å²) in [6, 6.07) is 0.654. The molecule has 0 amide bonds. The van der Waals surface area contributed by atoms with E-state index in [9.17, 15) is 0 Å². The van der Waals surface area contributed by atoms with Crippen molar-refractivity contribution < 1.29 is 0 Å². The first-order valence-electron chi connectivity index (χ1n) is 7.35. The standard InChI is InChI=1S/C14H26N4S/c1-4-15-10-13-11-16-14(19-13)17(3)12-6-8-18(5-2)9-7-12/h11-12,15H,4-10H2,1-3H3. The molecule has 0 radical (unpaired) electrons. The number of aromatic nitrogens is 1. The Morgan fingerprint density at radius 3 is 2.79 bits per heavy atom. The van der Waals surface area contributed by atoms with Gasteiger partial charge in [-0.25, -0.2) is 4.98 Å². The van der Waals surface area contributed by atoms with Gasteiger partial charge in [-0.1, -0.05) is 13.8 Å². The quantitative estimate of drug-likeness (QED) is 0.866. The van der Waals surface area contributed by atoms with Gasteiger partial charge in [-0.05, 0) is 25.9 Å². The van der Waals surface area contributed by atoms with Crippen LogP contribution in [0, 0.1) is 0 Å². The predicted octanol–water partition coefficient (Wildman–Crippen LogP) is 2.17. The highest BCUT2D eigenvalue weighted by atomic mass is 32.1. The minimum Gasteiger partial charge on any atom is -0.348 e. The van der Waals surface area contributed by atoms with Crippen molar-refractivity contribution in [2.24, 2.45) is 0 Å². The zero-order chi connectivity index (χ0) is 13.7. The van der Waals surface area contributed by atoms with Crippen molar-refractivity contribution in [3.05, 3.63) is 11.1 Å². The van der Waals surface area contributed by atoms with E-state index < -0.39 is 0 Å². The number of hydrogen-bond acceptors (Lipinski definition) is 5. The van der Waals surface area contributed by atoms with Crippen molar-refractivity contribution in [2.75, 3.05) is 38.1 Å². The normalized spacial score (nSPS) is 17.8. The molecule has 0 unspecified atom stereocenters. The molecule has 2 rings (SSSR count). The molecular formula is C14H26N4S. The highest BCUT2D eigenvalue weighted by molar-refractivity contribution is 7.15. The number of thiazole rings is 1. The fraction of sp³-hybridized carbons (Fsp3) is 0.786. The molecule has 0 spiro atoms. The summed E-state index contributed by atoms with van der Waals surface area (Å²) in [5.74, 6) is 0. The molecule has 1 aromatic rings. The van der Waals surface area contributed by atoms with Gasteiger partial charge in [-0.3, -0.25) is 0 Å². The first-order valence-corrected chi connectivity index (χ1v) is 8.16. The van der Waals surface area contributed by atoms with E-state index in [-0.39, 0.29) is 0 Å². The van der Waals surface area contributed by atoms with Crippen LogP contribution in [-0.2, 0) is 6.54 Å². The largest absolute Gasteiger partial charge is 0.348 e. The third-order valence-electron chi connectivity index (χ3n) is 3.94. The zero-order valence-corrected chi connectivity index (χ0v) is 13.2. The van der Waals surface area contributed by atoms with E-state index in [0.717, 1.165) is 13.1 Å². The van der Waals surface area contributed by atoms with Crippen LogP contribution in [0.1, 0.15) is 31.6 Å². The van der Waals surface area contributed by atoms with Crippen molar-refractivity contribution in [2.45, 2.75) is 39.3 Å². The molecule has 0 aliphatic carbocycles. The maximum absolute atomic E-state index is 4.57. The number of nitrogens with one attached hydrogen (secondary N) is 1. The summed E-state index contributed by atoms with van der Waals surface area (Å²) in [5.41, 5.74) is 0. The minimum atomic E-state index is 0.654. The molecule has 1 aliphatic rings. The number of rotatable bonds is 6. The lowest BCUT2D eigenvalue weighted by molar-refractivity contribution is 0.221. The van der Waals surface area contributed by atoms with Crippen molar-refractivity contribution in [3.8, 4) is 0 Å². The lowest BCUT2D eigenvalue weighted by Gasteiger charge is -2.36. The van der Waals surface area contributed by atoms with E-state index in [1.54, 1.807) is 0 Å². The summed E-state index contributed by atoms with van der Waals surface area (Å²) in [6.07, 6.45) is 4.53. The molecular weight excluding hydrogens is 256 g/mol. The van der Waals surface area contributed by atoms with Crippen LogP contribution < -0.4 is 10.2 Å². The number of nitrogens with zero attached hydrogens (tertiary/aromatic N) is 3. The number of piperidine rings is 1. The van der Waals surface area contributed by atoms with E-state index in [2.05, 4.69) is 41.0 Å². The monoisotopic (exact) mass is 282 g/mol. The number of hydrogen-bond donors (Lipinski definition) is 1. The predicted molar refractivity (Wildman–Crippen MR) is 83.0 cm³/mol. The van der Waals surface area contributed by atoms with E-state index in [4.69, 9.17) is 0 Å². The summed E-state index contributed by atoms with van der Waals surface area (Å²) in [6.45, 7) is 9.96. The maximum Gasteiger partial charge on any atom is 0.185 e. The Bertz CT molecular complexity index is 371. The second kappa shape index (κ2) is 7.22. The van der Waals surface area contributed by atoms with Gasteiger partial charge >= 0.3 is 0 Å². The van der Waals surface area contributed by atoms with Gasteiger partial charge in [0.1, 0.15) is 0 Å². The Kier molecular flexibility index (Phi) is 5.60. The fourth-order valence-corrected chi connectivity index (χ4v) is 3.48. The van der Waals surface area contributed by atoms with Crippen LogP contribution in [0.3, 0.4) is 0 Å². The first kappa shape index (κ1) is 14.8. The second-order valence-corrected chi connectivity index (χ2v) is 6.26. The van der Waals surface area contributed by atoms with Gasteiger partial charge in [0.25, 0.3) is 0 Å². The topological polar surface area (TPSA) is 31.4 Å². The van der Waals surface area contributed by atoms with Crippen LogP contribution in [0.15, 0.2) is 6.20 Å². The van der Waals surface area contributed by atoms with Crippen molar-refractivity contribution in [1.82, 2.24) is 15.2 Å². The summed E-state index contributed by atoms with van der Waals surface area (Å²) >= 11 is 1.82. The summed E-state index contributed by atoms with van der Waals surface area (Å²) < 4.78 is 0. The zero-order valence-electron chi connectivity index (χ0n) is 12.4. The Morgan fingerprint density at radius 1 is 1.42 bits per heavy atom. The Hall–Kier alpha value is -0.650. The molecule has 19 heavy (non-hydrogen) atoms. The van der Waals surface area contributed by atoms with Crippen LogP contribution in [0.5, 0.6) is 0 Å². The Morgan fingerprint density at radius 2 is 2.16 bits per heavy atom. The molecule has 1 saturated heterocycles. The lowest BCUT2D eigenvalue weighted by atomic mass is 10.0. The van der Waals surface area contributed by atoms with Crippen LogP contribution >= 0.6 is 11.3 Å². The van der Waals surface area contributed by atoms with Crippen molar-refractivity contribution in [1.29, 1.82) is 0 Å². The fourth-order valence-electron chi connectivity index (χ4n) is 2.57. The van der Waals surface area contributed by atoms with Crippen LogP contribution in [0.2, 0.25) is 0 Å². The molecule has 1 aromatic heterocycles. The molecule has 0 bridgehead atoms. The van der Waals surface area contributed by atoms with Gasteiger partial charge < -0.3 is 15.1 Å². The van der Waals surface area contributed by atoms with E-state index in [0.29, 0.717) is 6.04 Å². The average molecular weight is 282 g/mol. The van der Waals surface area contributed by atoms with Gasteiger partial charge in [0, 0.05) is 43.8 Å². The van der Waals surface area contributed by atoms with E-state index in [1.165, 1.54) is 42.5 Å². The van der Waals surface area contributed by atoms with Crippen LogP contribution in [0.4, 0.5) is 5.13 Å². The van der Waals surface area contributed by atoms with Gasteiger partial charge in [0.2, 0.25) is 0 Å². The molecule has 108 valence electrons. The van der Waals surface area contributed by atoms with Crippen molar-refractivity contribution >= 4 is 16.5 Å². The molecule has 0 aromatic carbocycles. The number of likely N-dealkylation sites (tertiary alicyclic amines) is 1. The highest BCUT2D eigenvalue weighted by Crippen LogP contribution is 2.26. The summed E-state index contributed by atoms with van der Waals surface area (Å²) in [5, 5.41) is 4.52. The van der Waals surface area contributed by atoms with Gasteiger partial charge in [-0.2, -0.15) is 0 Å². The molecule has 1 fully saturated rings. The molecule has 1 N–H and O–H groups in total. The van der Waals surface area contributed by atoms with E-state index >= 15 is 0 Å². The first-order chi connectivity index (χ1) is 9.24. The lowest BCUT2D eigenvalue weighted by Crippen LogP contribution is -2.43. The summed E-state index contributed by atoms with van der Waals surface area (Å²) in [7, 11) is 2.20. The molecule has 4 nitrogen and oxygen atoms in total. The smallest absolute Gasteiger partial charge is 0.185 e. The van der Waals surface area contributed by atoms with Gasteiger partial charge in [-0.15, -0.1) is 11.3 Å². The number of anilines is 1. The minimum absolute atomic E-state index is 0.654. The molecule has 2 heterocycles. The third kappa shape index (κ3) is 3.91. The molecule has 1 aliphatic heterocycles. The SMILES string of the molecule is CCNCc1cnc(N(C)C2CCN(CC)CC2)s1. The van der Waals surface area contributed by atoms with Crippen LogP contribution in [0.25, 0.3) is 0 Å².